The van der Waals surface area contributed by atoms with Gasteiger partial charge in [0.2, 0.25) is 5.91 Å². The number of likely N-dealkylation sites (N-methyl/N-ethyl adjacent to an activating group) is 1. The van der Waals surface area contributed by atoms with Gasteiger partial charge in [-0.15, -0.1) is 0 Å². The third-order valence-electron chi connectivity index (χ3n) is 2.15. The summed E-state index contributed by atoms with van der Waals surface area (Å²) < 4.78 is 0. The fraction of sp³-hybridized carbons (Fsp3) is 0.857. The van der Waals surface area contributed by atoms with Crippen molar-refractivity contribution >= 4 is 5.91 Å². The number of amides is 1. The van der Waals surface area contributed by atoms with Crippen molar-refractivity contribution in [1.82, 2.24) is 4.90 Å². The van der Waals surface area contributed by atoms with Gasteiger partial charge in [0.15, 0.2) is 0 Å². The van der Waals surface area contributed by atoms with E-state index in [2.05, 4.69) is 0 Å². The van der Waals surface area contributed by atoms with Gasteiger partial charge in [0.25, 0.3) is 0 Å². The fourth-order valence-corrected chi connectivity index (χ4v) is 0.999. The Hall–Kier alpha value is -0.570. The predicted molar refractivity (Wildman–Crippen MR) is 39.4 cm³/mol. The molecule has 1 fully saturated rings. The van der Waals surface area contributed by atoms with Gasteiger partial charge in [0.05, 0.1) is 6.04 Å². The van der Waals surface area contributed by atoms with E-state index < -0.39 is 0 Å². The van der Waals surface area contributed by atoms with Crippen molar-refractivity contribution in [2.75, 3.05) is 7.05 Å². The lowest BCUT2D eigenvalue weighted by Crippen LogP contribution is -2.41. The lowest BCUT2D eigenvalue weighted by molar-refractivity contribution is -0.122. The van der Waals surface area contributed by atoms with E-state index in [0.29, 0.717) is 6.04 Å². The second-order valence-electron chi connectivity index (χ2n) is 2.97. The molecule has 0 spiro atoms. The molecule has 1 atom stereocenters. The summed E-state index contributed by atoms with van der Waals surface area (Å²) >= 11 is 0. The SMILES string of the molecule is C[C@@H](C(N)=O)N(C)C1CC1. The number of nitrogens with two attached hydrogens (primary N) is 1. The minimum atomic E-state index is -0.227. The topological polar surface area (TPSA) is 46.3 Å². The van der Waals surface area contributed by atoms with Crippen molar-refractivity contribution in [3.05, 3.63) is 0 Å². The minimum Gasteiger partial charge on any atom is -0.368 e. The number of carbonyl (C=O) groups excluding carboxylic acids is 1. The molecule has 1 rings (SSSR count). The molecule has 2 N–H and O–H groups in total. The zero-order valence-electron chi connectivity index (χ0n) is 6.50. The summed E-state index contributed by atoms with van der Waals surface area (Å²) in [4.78, 5) is 12.7. The molecule has 3 nitrogen and oxygen atoms in total. The first-order valence-corrected chi connectivity index (χ1v) is 3.64. The molecule has 0 heterocycles. The first-order valence-electron chi connectivity index (χ1n) is 3.64. The average molecular weight is 142 g/mol. The van der Waals surface area contributed by atoms with Crippen molar-refractivity contribution in [2.45, 2.75) is 31.8 Å². The molecule has 0 aromatic heterocycles. The van der Waals surface area contributed by atoms with Crippen LogP contribution in [0.1, 0.15) is 19.8 Å². The van der Waals surface area contributed by atoms with Crippen LogP contribution in [0.4, 0.5) is 0 Å². The Kier molecular flexibility index (Phi) is 1.94. The fourth-order valence-electron chi connectivity index (χ4n) is 0.999. The summed E-state index contributed by atoms with van der Waals surface area (Å²) in [6.45, 7) is 1.85. The van der Waals surface area contributed by atoms with Crippen molar-refractivity contribution in [2.24, 2.45) is 5.73 Å². The highest BCUT2D eigenvalue weighted by Gasteiger charge is 2.30. The van der Waals surface area contributed by atoms with E-state index in [-0.39, 0.29) is 11.9 Å². The first-order chi connectivity index (χ1) is 4.63. The molecule has 1 aliphatic carbocycles. The molecular weight excluding hydrogens is 128 g/mol. The van der Waals surface area contributed by atoms with Crippen LogP contribution >= 0.6 is 0 Å². The maximum atomic E-state index is 10.7. The number of hydrogen-bond donors (Lipinski definition) is 1. The monoisotopic (exact) mass is 142 g/mol. The van der Waals surface area contributed by atoms with E-state index in [1.807, 2.05) is 18.9 Å². The zero-order chi connectivity index (χ0) is 7.72. The molecule has 0 aliphatic heterocycles. The molecule has 0 bridgehead atoms. The van der Waals surface area contributed by atoms with Gasteiger partial charge in [0, 0.05) is 6.04 Å². The van der Waals surface area contributed by atoms with Gasteiger partial charge in [-0.25, -0.2) is 0 Å². The van der Waals surface area contributed by atoms with Gasteiger partial charge in [-0.05, 0) is 26.8 Å². The number of primary amides is 1. The maximum Gasteiger partial charge on any atom is 0.234 e. The van der Waals surface area contributed by atoms with Gasteiger partial charge >= 0.3 is 0 Å². The highest BCUT2D eigenvalue weighted by molar-refractivity contribution is 5.79. The standard InChI is InChI=1S/C7H14N2O/c1-5(7(8)10)9(2)6-3-4-6/h5-6H,3-4H2,1-2H3,(H2,8,10)/t5-/m0/s1. The molecule has 10 heavy (non-hydrogen) atoms. The van der Waals surface area contributed by atoms with E-state index in [1.165, 1.54) is 12.8 Å². The predicted octanol–water partition coefficient (Wildman–Crippen LogP) is -0.0456. The summed E-state index contributed by atoms with van der Waals surface area (Å²) in [6, 6.07) is 0.509. The summed E-state index contributed by atoms with van der Waals surface area (Å²) in [7, 11) is 1.95. The largest absolute Gasteiger partial charge is 0.368 e. The quantitative estimate of drug-likeness (QED) is 0.600. The Labute approximate surface area is 61.2 Å². The molecule has 0 unspecified atom stereocenters. The summed E-state index contributed by atoms with van der Waals surface area (Å²) in [5.74, 6) is -0.227. The molecule has 0 radical (unpaired) electrons. The first kappa shape index (κ1) is 7.54. The third-order valence-corrected chi connectivity index (χ3v) is 2.15. The van der Waals surface area contributed by atoms with Gasteiger partial charge in [-0.2, -0.15) is 0 Å². The van der Waals surface area contributed by atoms with Crippen LogP contribution in [0.5, 0.6) is 0 Å². The zero-order valence-corrected chi connectivity index (χ0v) is 6.50. The van der Waals surface area contributed by atoms with Crippen LogP contribution in [0.15, 0.2) is 0 Å². The molecular formula is C7H14N2O. The van der Waals surface area contributed by atoms with Gasteiger partial charge in [0.1, 0.15) is 0 Å². The smallest absolute Gasteiger partial charge is 0.234 e. The highest BCUT2D eigenvalue weighted by Crippen LogP contribution is 2.26. The number of nitrogens with zero attached hydrogens (tertiary/aromatic N) is 1. The van der Waals surface area contributed by atoms with Crippen LogP contribution in [0, 0.1) is 0 Å². The van der Waals surface area contributed by atoms with Crippen LogP contribution in [0.3, 0.4) is 0 Å². The summed E-state index contributed by atoms with van der Waals surface area (Å²) in [6.07, 6.45) is 2.43. The van der Waals surface area contributed by atoms with Crippen molar-refractivity contribution in [3.63, 3.8) is 0 Å². The maximum absolute atomic E-state index is 10.7. The van der Waals surface area contributed by atoms with E-state index in [4.69, 9.17) is 5.73 Å². The van der Waals surface area contributed by atoms with Crippen molar-refractivity contribution in [3.8, 4) is 0 Å². The number of rotatable bonds is 3. The molecule has 1 saturated carbocycles. The third kappa shape index (κ3) is 1.48. The van der Waals surface area contributed by atoms with Crippen LogP contribution in [0.25, 0.3) is 0 Å². The molecule has 0 aromatic rings. The lowest BCUT2D eigenvalue weighted by atomic mass is 10.3. The Morgan fingerprint density at radius 1 is 1.70 bits per heavy atom. The second kappa shape index (κ2) is 2.58. The minimum absolute atomic E-state index is 0.104. The highest BCUT2D eigenvalue weighted by atomic mass is 16.1. The Morgan fingerprint density at radius 3 is 2.50 bits per heavy atom. The van der Waals surface area contributed by atoms with Crippen molar-refractivity contribution < 1.29 is 4.79 Å². The Bertz CT molecular complexity index is 143. The van der Waals surface area contributed by atoms with E-state index in [9.17, 15) is 4.79 Å². The second-order valence-corrected chi connectivity index (χ2v) is 2.97. The molecule has 58 valence electrons. The average Bonchev–Trinajstić information content (AvgIpc) is 2.65. The van der Waals surface area contributed by atoms with Crippen LogP contribution in [-0.2, 0) is 4.79 Å². The Balaban J connectivity index is 2.38. The van der Waals surface area contributed by atoms with E-state index >= 15 is 0 Å². The van der Waals surface area contributed by atoms with Gasteiger partial charge in [-0.1, -0.05) is 0 Å². The van der Waals surface area contributed by atoms with Crippen LogP contribution < -0.4 is 5.73 Å². The number of carbonyl (C=O) groups is 1. The van der Waals surface area contributed by atoms with Crippen LogP contribution in [-0.4, -0.2) is 29.9 Å². The normalized spacial score (nSPS) is 21.1. The lowest BCUT2D eigenvalue weighted by Gasteiger charge is -2.20. The van der Waals surface area contributed by atoms with Gasteiger partial charge in [-0.3, -0.25) is 9.69 Å². The molecule has 1 aliphatic rings. The molecule has 0 saturated heterocycles. The summed E-state index contributed by atoms with van der Waals surface area (Å²) in [5.41, 5.74) is 5.12. The molecule has 3 heteroatoms. The molecule has 1 amide bonds. The van der Waals surface area contributed by atoms with Gasteiger partial charge < -0.3 is 5.73 Å². The summed E-state index contributed by atoms with van der Waals surface area (Å²) in [5, 5.41) is 0. The van der Waals surface area contributed by atoms with Crippen molar-refractivity contribution in [1.29, 1.82) is 0 Å². The Morgan fingerprint density at radius 2 is 2.20 bits per heavy atom. The van der Waals surface area contributed by atoms with Crippen LogP contribution in [0.2, 0.25) is 0 Å². The number of hydrogen-bond acceptors (Lipinski definition) is 2. The van der Waals surface area contributed by atoms with E-state index in [0.717, 1.165) is 0 Å². The van der Waals surface area contributed by atoms with E-state index in [1.54, 1.807) is 0 Å². The molecule has 0 aromatic carbocycles.